The maximum Gasteiger partial charge on any atom is 0.166 e. The monoisotopic (exact) mass is 496 g/mol. The minimum Gasteiger partial charge on any atom is -0.493 e. The fourth-order valence-electron chi connectivity index (χ4n) is 3.98. The Hall–Kier alpha value is -4.72. The zero-order chi connectivity index (χ0) is 25.9. The van der Waals surface area contributed by atoms with Gasteiger partial charge in [-0.15, -0.1) is 10.2 Å². The zero-order valence-corrected chi connectivity index (χ0v) is 20.9. The van der Waals surface area contributed by atoms with Crippen LogP contribution in [0, 0.1) is 19.7 Å². The molecule has 37 heavy (non-hydrogen) atoms. The normalized spacial score (nSPS) is 10.8. The molecule has 5 rings (SSSR count). The Balaban J connectivity index is 1.38. The number of rotatable bonds is 7. The standard InChI is InChI=1S/C29H25FN4O3/c1-17-6-5-7-22(18(17)2)32-29-11-9-23(33-34-29)19-8-10-26(21(30)14-19)37-25-12-13-31-24-16-28(36-4)27(35-3)15-20(24)25/h5-16H,1-4H3,(H,32,34). The van der Waals surface area contributed by atoms with Crippen LogP contribution in [-0.2, 0) is 0 Å². The number of hydrogen-bond donors (Lipinski definition) is 1. The maximum absolute atomic E-state index is 15.1. The predicted molar refractivity (Wildman–Crippen MR) is 142 cm³/mol. The number of nitrogens with zero attached hydrogens (tertiary/aromatic N) is 3. The Kier molecular flexibility index (Phi) is 6.55. The first-order valence-electron chi connectivity index (χ1n) is 11.6. The molecule has 0 saturated carbocycles. The first kappa shape index (κ1) is 24.0. The minimum absolute atomic E-state index is 0.0761. The van der Waals surface area contributed by atoms with Gasteiger partial charge in [-0.3, -0.25) is 4.98 Å². The topological polar surface area (TPSA) is 78.4 Å². The number of benzene rings is 3. The van der Waals surface area contributed by atoms with Crippen molar-refractivity contribution in [1.29, 1.82) is 0 Å². The van der Waals surface area contributed by atoms with Gasteiger partial charge >= 0.3 is 0 Å². The summed E-state index contributed by atoms with van der Waals surface area (Å²) in [5.74, 6) is 1.67. The van der Waals surface area contributed by atoms with Gasteiger partial charge in [0.15, 0.2) is 28.9 Å². The molecule has 0 fully saturated rings. The van der Waals surface area contributed by atoms with E-state index in [2.05, 4.69) is 33.5 Å². The molecule has 0 saturated heterocycles. The van der Waals surface area contributed by atoms with Crippen molar-refractivity contribution >= 4 is 22.4 Å². The molecule has 0 aliphatic rings. The molecule has 0 bridgehead atoms. The van der Waals surface area contributed by atoms with Gasteiger partial charge in [-0.05, 0) is 73.5 Å². The van der Waals surface area contributed by atoms with Crippen molar-refractivity contribution in [2.24, 2.45) is 0 Å². The number of methoxy groups -OCH3 is 2. The van der Waals surface area contributed by atoms with Crippen LogP contribution in [0.4, 0.5) is 15.9 Å². The SMILES string of the molecule is COc1cc2nccc(Oc3ccc(-c4ccc(Nc5cccc(C)c5C)nn4)cc3F)c2cc1OC. The van der Waals surface area contributed by atoms with E-state index in [1.807, 2.05) is 25.1 Å². The number of halogens is 1. The van der Waals surface area contributed by atoms with Gasteiger partial charge in [0, 0.05) is 28.9 Å². The van der Waals surface area contributed by atoms with E-state index in [9.17, 15) is 0 Å². The summed E-state index contributed by atoms with van der Waals surface area (Å²) in [6.45, 7) is 4.11. The minimum atomic E-state index is -0.526. The van der Waals surface area contributed by atoms with Gasteiger partial charge in [0.2, 0.25) is 0 Å². The van der Waals surface area contributed by atoms with E-state index in [-0.39, 0.29) is 5.75 Å². The predicted octanol–water partition coefficient (Wildman–Crippen LogP) is 7.00. The van der Waals surface area contributed by atoms with Crippen LogP contribution < -0.4 is 19.5 Å². The average Bonchev–Trinajstić information content (AvgIpc) is 2.92. The summed E-state index contributed by atoms with van der Waals surface area (Å²) in [5.41, 5.74) is 5.06. The number of aryl methyl sites for hydroxylation is 1. The Morgan fingerprint density at radius 2 is 1.59 bits per heavy atom. The van der Waals surface area contributed by atoms with E-state index in [1.165, 1.54) is 11.6 Å². The van der Waals surface area contributed by atoms with E-state index in [0.29, 0.717) is 45.2 Å². The third-order valence-corrected chi connectivity index (χ3v) is 6.19. The Labute approximate surface area is 213 Å². The Morgan fingerprint density at radius 3 is 2.32 bits per heavy atom. The van der Waals surface area contributed by atoms with E-state index in [4.69, 9.17) is 14.2 Å². The molecule has 3 aromatic carbocycles. The smallest absolute Gasteiger partial charge is 0.166 e. The molecule has 5 aromatic rings. The molecule has 2 aromatic heterocycles. The van der Waals surface area contributed by atoms with Gasteiger partial charge < -0.3 is 19.5 Å². The molecule has 0 radical (unpaired) electrons. The molecular formula is C29H25FN4O3. The zero-order valence-electron chi connectivity index (χ0n) is 20.9. The highest BCUT2D eigenvalue weighted by molar-refractivity contribution is 5.88. The lowest BCUT2D eigenvalue weighted by Gasteiger charge is -2.13. The van der Waals surface area contributed by atoms with Crippen LogP contribution in [0.2, 0.25) is 0 Å². The summed E-state index contributed by atoms with van der Waals surface area (Å²) in [4.78, 5) is 4.36. The van der Waals surface area contributed by atoms with Crippen molar-refractivity contribution in [1.82, 2.24) is 15.2 Å². The lowest BCUT2D eigenvalue weighted by atomic mass is 10.1. The Bertz CT molecular complexity index is 1590. The van der Waals surface area contributed by atoms with Crippen molar-refractivity contribution < 1.29 is 18.6 Å². The van der Waals surface area contributed by atoms with Gasteiger partial charge in [-0.25, -0.2) is 4.39 Å². The van der Waals surface area contributed by atoms with Gasteiger partial charge in [-0.1, -0.05) is 12.1 Å². The Morgan fingerprint density at radius 1 is 0.784 bits per heavy atom. The highest BCUT2D eigenvalue weighted by Crippen LogP contribution is 2.37. The molecule has 0 unspecified atom stereocenters. The molecule has 0 aliphatic carbocycles. The lowest BCUT2D eigenvalue weighted by Crippen LogP contribution is -1.99. The summed E-state index contributed by atoms with van der Waals surface area (Å²) < 4.78 is 31.8. The molecule has 0 spiro atoms. The van der Waals surface area contributed by atoms with Gasteiger partial charge in [0.05, 0.1) is 25.4 Å². The van der Waals surface area contributed by atoms with Crippen LogP contribution in [-0.4, -0.2) is 29.4 Å². The van der Waals surface area contributed by atoms with Crippen LogP contribution in [0.15, 0.2) is 72.9 Å². The summed E-state index contributed by atoms with van der Waals surface area (Å²) in [7, 11) is 3.11. The number of anilines is 2. The number of fused-ring (bicyclic) bond motifs is 1. The number of hydrogen-bond acceptors (Lipinski definition) is 7. The van der Waals surface area contributed by atoms with Crippen LogP contribution in [0.3, 0.4) is 0 Å². The second kappa shape index (κ2) is 10.1. The third kappa shape index (κ3) is 4.86. The molecule has 0 amide bonds. The second-order valence-electron chi connectivity index (χ2n) is 8.46. The van der Waals surface area contributed by atoms with Gasteiger partial charge in [-0.2, -0.15) is 0 Å². The van der Waals surface area contributed by atoms with E-state index < -0.39 is 5.82 Å². The summed E-state index contributed by atoms with van der Waals surface area (Å²) in [5, 5.41) is 12.5. The largest absolute Gasteiger partial charge is 0.493 e. The van der Waals surface area contributed by atoms with Crippen molar-refractivity contribution in [3.8, 4) is 34.3 Å². The van der Waals surface area contributed by atoms with Crippen LogP contribution >= 0.6 is 0 Å². The first-order chi connectivity index (χ1) is 18.0. The first-order valence-corrected chi connectivity index (χ1v) is 11.6. The highest BCUT2D eigenvalue weighted by Gasteiger charge is 2.14. The van der Waals surface area contributed by atoms with Crippen molar-refractivity contribution in [3.05, 3.63) is 89.9 Å². The number of aromatic nitrogens is 3. The lowest BCUT2D eigenvalue weighted by molar-refractivity contribution is 0.355. The van der Waals surface area contributed by atoms with E-state index >= 15 is 4.39 Å². The number of pyridine rings is 1. The summed E-state index contributed by atoms with van der Waals surface area (Å²) in [6, 6.07) is 19.5. The van der Waals surface area contributed by atoms with Crippen LogP contribution in [0.5, 0.6) is 23.0 Å². The molecule has 1 N–H and O–H groups in total. The van der Waals surface area contributed by atoms with Crippen molar-refractivity contribution in [3.63, 3.8) is 0 Å². The molecule has 0 atom stereocenters. The van der Waals surface area contributed by atoms with E-state index in [1.54, 1.807) is 56.8 Å². The van der Waals surface area contributed by atoms with Crippen molar-refractivity contribution in [2.45, 2.75) is 13.8 Å². The van der Waals surface area contributed by atoms with Gasteiger partial charge in [0.1, 0.15) is 5.75 Å². The fraction of sp³-hybridized carbons (Fsp3) is 0.138. The van der Waals surface area contributed by atoms with Crippen molar-refractivity contribution in [2.75, 3.05) is 19.5 Å². The third-order valence-electron chi connectivity index (χ3n) is 6.19. The molecular weight excluding hydrogens is 471 g/mol. The molecule has 7 nitrogen and oxygen atoms in total. The molecule has 8 heteroatoms. The average molecular weight is 497 g/mol. The highest BCUT2D eigenvalue weighted by atomic mass is 19.1. The maximum atomic E-state index is 15.1. The van der Waals surface area contributed by atoms with E-state index in [0.717, 1.165) is 11.3 Å². The number of nitrogens with one attached hydrogen (secondary N) is 1. The fourth-order valence-corrected chi connectivity index (χ4v) is 3.98. The summed E-state index contributed by atoms with van der Waals surface area (Å²) >= 11 is 0. The molecule has 2 heterocycles. The summed E-state index contributed by atoms with van der Waals surface area (Å²) in [6.07, 6.45) is 1.60. The number of ether oxygens (including phenoxy) is 3. The van der Waals surface area contributed by atoms with Crippen LogP contribution in [0.1, 0.15) is 11.1 Å². The second-order valence-corrected chi connectivity index (χ2v) is 8.46. The van der Waals surface area contributed by atoms with Crippen LogP contribution in [0.25, 0.3) is 22.2 Å². The molecule has 186 valence electrons. The molecule has 0 aliphatic heterocycles. The van der Waals surface area contributed by atoms with Gasteiger partial charge in [0.25, 0.3) is 0 Å². The quantitative estimate of drug-likeness (QED) is 0.260.